The molecular formula is C10H13N5O. The van der Waals surface area contributed by atoms with Crippen molar-refractivity contribution in [2.24, 2.45) is 0 Å². The normalized spacial score (nSPS) is 10.4. The van der Waals surface area contributed by atoms with Crippen molar-refractivity contribution in [3.63, 3.8) is 0 Å². The van der Waals surface area contributed by atoms with Crippen molar-refractivity contribution in [3.8, 4) is 0 Å². The van der Waals surface area contributed by atoms with Gasteiger partial charge in [0, 0.05) is 19.8 Å². The number of amides is 2. The molecule has 2 N–H and O–H groups in total. The maximum atomic E-state index is 11.5. The minimum atomic E-state index is -0.214. The second kappa shape index (κ2) is 3.80. The third-order valence-electron chi connectivity index (χ3n) is 2.19. The third-order valence-corrected chi connectivity index (χ3v) is 2.19. The lowest BCUT2D eigenvalue weighted by molar-refractivity contribution is 0.230. The standard InChI is InChI=1S/C10H13N5O/c1-6-4-5-7-8(11-6)13-14-9(7)12-10(16)15(2)3/h4-5H,1-3H3,(H2,11,12,13,14,16). The smallest absolute Gasteiger partial charge is 0.322 e. The van der Waals surface area contributed by atoms with Crippen LogP contribution in [0.25, 0.3) is 11.0 Å². The maximum Gasteiger partial charge on any atom is 0.322 e. The Balaban J connectivity index is 2.35. The Morgan fingerprint density at radius 3 is 2.88 bits per heavy atom. The number of rotatable bonds is 1. The fourth-order valence-corrected chi connectivity index (χ4v) is 1.31. The summed E-state index contributed by atoms with van der Waals surface area (Å²) < 4.78 is 0. The Hall–Kier alpha value is -2.11. The zero-order valence-electron chi connectivity index (χ0n) is 9.40. The molecule has 6 nitrogen and oxygen atoms in total. The first-order chi connectivity index (χ1) is 7.58. The van der Waals surface area contributed by atoms with Crippen LogP contribution in [0.4, 0.5) is 10.6 Å². The number of fused-ring (bicyclic) bond motifs is 1. The molecule has 0 aliphatic rings. The molecule has 2 aromatic rings. The minimum absolute atomic E-state index is 0.214. The summed E-state index contributed by atoms with van der Waals surface area (Å²) in [6.45, 7) is 1.90. The fraction of sp³-hybridized carbons (Fsp3) is 0.300. The number of H-pyrrole nitrogens is 1. The molecule has 0 spiro atoms. The van der Waals surface area contributed by atoms with Crippen molar-refractivity contribution in [1.82, 2.24) is 20.1 Å². The van der Waals surface area contributed by atoms with E-state index in [9.17, 15) is 4.79 Å². The number of aromatic amines is 1. The summed E-state index contributed by atoms with van der Waals surface area (Å²) in [5, 5.41) is 10.3. The van der Waals surface area contributed by atoms with Gasteiger partial charge in [-0.1, -0.05) is 0 Å². The molecule has 0 unspecified atom stereocenters. The van der Waals surface area contributed by atoms with Crippen LogP contribution in [-0.2, 0) is 0 Å². The van der Waals surface area contributed by atoms with Gasteiger partial charge in [0.25, 0.3) is 0 Å². The van der Waals surface area contributed by atoms with Gasteiger partial charge in [0.05, 0.1) is 5.39 Å². The van der Waals surface area contributed by atoms with Crippen LogP contribution in [0.3, 0.4) is 0 Å². The number of hydrogen-bond donors (Lipinski definition) is 2. The number of anilines is 1. The van der Waals surface area contributed by atoms with Gasteiger partial charge in [-0.2, -0.15) is 5.10 Å². The van der Waals surface area contributed by atoms with Crippen molar-refractivity contribution in [2.75, 3.05) is 19.4 Å². The van der Waals surface area contributed by atoms with Crippen LogP contribution in [0.15, 0.2) is 12.1 Å². The number of carbonyl (C=O) groups is 1. The number of pyridine rings is 1. The first-order valence-electron chi connectivity index (χ1n) is 4.88. The molecule has 0 radical (unpaired) electrons. The topological polar surface area (TPSA) is 73.9 Å². The summed E-state index contributed by atoms with van der Waals surface area (Å²) in [4.78, 5) is 17.2. The summed E-state index contributed by atoms with van der Waals surface area (Å²) >= 11 is 0. The van der Waals surface area contributed by atoms with Crippen molar-refractivity contribution < 1.29 is 4.79 Å². The molecule has 0 aliphatic carbocycles. The van der Waals surface area contributed by atoms with Crippen molar-refractivity contribution in [1.29, 1.82) is 0 Å². The van der Waals surface area contributed by atoms with Gasteiger partial charge in [-0.15, -0.1) is 0 Å². The van der Waals surface area contributed by atoms with E-state index in [-0.39, 0.29) is 6.03 Å². The highest BCUT2D eigenvalue weighted by molar-refractivity contribution is 5.97. The molecule has 2 rings (SSSR count). The van der Waals surface area contributed by atoms with Crippen LogP contribution >= 0.6 is 0 Å². The van der Waals surface area contributed by atoms with E-state index >= 15 is 0 Å². The van der Waals surface area contributed by atoms with Gasteiger partial charge in [-0.05, 0) is 19.1 Å². The first kappa shape index (κ1) is 10.4. The molecule has 0 atom stereocenters. The molecule has 0 aromatic carbocycles. The molecular weight excluding hydrogens is 206 g/mol. The number of aromatic nitrogens is 3. The van der Waals surface area contributed by atoms with E-state index in [1.165, 1.54) is 4.90 Å². The predicted octanol–water partition coefficient (Wildman–Crippen LogP) is 1.36. The zero-order valence-corrected chi connectivity index (χ0v) is 9.40. The summed E-state index contributed by atoms with van der Waals surface area (Å²) in [7, 11) is 3.35. The molecule has 0 aliphatic heterocycles. The van der Waals surface area contributed by atoms with Gasteiger partial charge in [0.2, 0.25) is 0 Å². The summed E-state index contributed by atoms with van der Waals surface area (Å²) in [5.41, 5.74) is 1.58. The average molecular weight is 219 g/mol. The molecule has 2 aromatic heterocycles. The van der Waals surface area contributed by atoms with Crippen LogP contribution in [0, 0.1) is 6.92 Å². The Labute approximate surface area is 92.7 Å². The molecule has 2 heterocycles. The van der Waals surface area contributed by atoms with E-state index in [1.54, 1.807) is 14.1 Å². The second-order valence-corrected chi connectivity index (χ2v) is 3.75. The Kier molecular flexibility index (Phi) is 2.47. The van der Waals surface area contributed by atoms with Gasteiger partial charge >= 0.3 is 6.03 Å². The van der Waals surface area contributed by atoms with E-state index in [4.69, 9.17) is 0 Å². The van der Waals surface area contributed by atoms with E-state index < -0.39 is 0 Å². The Morgan fingerprint density at radius 1 is 1.44 bits per heavy atom. The molecule has 84 valence electrons. The first-order valence-corrected chi connectivity index (χ1v) is 4.88. The highest BCUT2D eigenvalue weighted by Gasteiger charge is 2.10. The van der Waals surface area contributed by atoms with Crippen LogP contribution in [0.1, 0.15) is 5.69 Å². The second-order valence-electron chi connectivity index (χ2n) is 3.75. The maximum absolute atomic E-state index is 11.5. The van der Waals surface area contributed by atoms with Crippen LogP contribution in [-0.4, -0.2) is 40.2 Å². The number of urea groups is 1. The van der Waals surface area contributed by atoms with Crippen LogP contribution < -0.4 is 5.32 Å². The highest BCUT2D eigenvalue weighted by Crippen LogP contribution is 2.18. The molecule has 0 fully saturated rings. The van der Waals surface area contributed by atoms with Gasteiger partial charge in [-0.25, -0.2) is 9.78 Å². The highest BCUT2D eigenvalue weighted by atomic mass is 16.2. The minimum Gasteiger partial charge on any atom is -0.331 e. The Morgan fingerprint density at radius 2 is 2.19 bits per heavy atom. The van der Waals surface area contributed by atoms with E-state index in [2.05, 4.69) is 20.5 Å². The molecule has 6 heteroatoms. The summed E-state index contributed by atoms with van der Waals surface area (Å²) in [6.07, 6.45) is 0. The fourth-order valence-electron chi connectivity index (χ4n) is 1.31. The average Bonchev–Trinajstić information content (AvgIpc) is 2.60. The van der Waals surface area contributed by atoms with Crippen molar-refractivity contribution in [2.45, 2.75) is 6.92 Å². The molecule has 16 heavy (non-hydrogen) atoms. The van der Waals surface area contributed by atoms with Gasteiger partial charge in [-0.3, -0.25) is 10.4 Å². The lowest BCUT2D eigenvalue weighted by Crippen LogP contribution is -2.27. The van der Waals surface area contributed by atoms with E-state index in [1.807, 2.05) is 19.1 Å². The van der Waals surface area contributed by atoms with Gasteiger partial charge in [0.15, 0.2) is 11.5 Å². The van der Waals surface area contributed by atoms with Gasteiger partial charge < -0.3 is 4.90 Å². The van der Waals surface area contributed by atoms with E-state index in [0.29, 0.717) is 11.5 Å². The van der Waals surface area contributed by atoms with Crippen LogP contribution in [0.5, 0.6) is 0 Å². The summed E-state index contributed by atoms with van der Waals surface area (Å²) in [5.74, 6) is 0.501. The lowest BCUT2D eigenvalue weighted by Gasteiger charge is -2.09. The number of aryl methyl sites for hydroxylation is 1. The number of carbonyl (C=O) groups excluding carboxylic acids is 1. The number of nitrogens with zero attached hydrogens (tertiary/aromatic N) is 3. The van der Waals surface area contributed by atoms with Crippen LogP contribution in [0.2, 0.25) is 0 Å². The van der Waals surface area contributed by atoms with Crippen molar-refractivity contribution in [3.05, 3.63) is 17.8 Å². The largest absolute Gasteiger partial charge is 0.331 e. The molecule has 0 saturated heterocycles. The monoisotopic (exact) mass is 219 g/mol. The van der Waals surface area contributed by atoms with E-state index in [0.717, 1.165) is 11.1 Å². The number of hydrogen-bond acceptors (Lipinski definition) is 3. The van der Waals surface area contributed by atoms with Gasteiger partial charge in [0.1, 0.15) is 0 Å². The molecule has 0 bridgehead atoms. The third kappa shape index (κ3) is 1.81. The summed E-state index contributed by atoms with van der Waals surface area (Å²) in [6, 6.07) is 3.55. The predicted molar refractivity (Wildman–Crippen MR) is 61.3 cm³/mol. The number of nitrogens with one attached hydrogen (secondary N) is 2. The molecule has 2 amide bonds. The van der Waals surface area contributed by atoms with Crippen molar-refractivity contribution >= 4 is 22.9 Å². The SMILES string of the molecule is Cc1ccc2c(NC(=O)N(C)C)n[nH]c2n1. The zero-order chi connectivity index (χ0) is 11.7. The Bertz CT molecular complexity index is 531. The molecule has 0 saturated carbocycles. The quantitative estimate of drug-likeness (QED) is 0.760. The lowest BCUT2D eigenvalue weighted by atomic mass is 10.3.